The Labute approximate surface area is 118 Å². The molecule has 1 fully saturated rings. The molecular formula is C15H18Zr. The largest absolute Gasteiger partial charge is 2.00 e. The van der Waals surface area contributed by atoms with E-state index in [4.69, 9.17) is 0 Å². The van der Waals surface area contributed by atoms with Gasteiger partial charge in [0.15, 0.2) is 0 Å². The van der Waals surface area contributed by atoms with Crippen molar-refractivity contribution in [1.82, 2.24) is 0 Å². The van der Waals surface area contributed by atoms with E-state index in [-0.39, 0.29) is 26.2 Å². The number of rotatable bonds is 0. The summed E-state index contributed by atoms with van der Waals surface area (Å²) in [5.41, 5.74) is 1.58. The fourth-order valence-corrected chi connectivity index (χ4v) is 2.30. The summed E-state index contributed by atoms with van der Waals surface area (Å²) in [4.78, 5) is 0. The van der Waals surface area contributed by atoms with Crippen LogP contribution in [-0.2, 0) is 26.2 Å². The molecule has 0 aromatic rings. The predicted octanol–water partition coefficient (Wildman–Crippen LogP) is 4.04. The van der Waals surface area contributed by atoms with Crippen molar-refractivity contribution in [3.8, 4) is 0 Å². The fraction of sp³-hybridized carbons (Fsp3) is 0.400. The van der Waals surface area contributed by atoms with Crippen LogP contribution in [0.4, 0.5) is 0 Å². The van der Waals surface area contributed by atoms with Gasteiger partial charge < -0.3 is 0 Å². The third kappa shape index (κ3) is 3.94. The van der Waals surface area contributed by atoms with E-state index in [0.717, 1.165) is 18.3 Å². The Kier molecular flexibility index (Phi) is 6.13. The number of hydrogen-bond donors (Lipinski definition) is 0. The Balaban J connectivity index is 0.000000183. The molecule has 0 heterocycles. The molecule has 3 aliphatic carbocycles. The first-order chi connectivity index (χ1) is 7.36. The molecule has 0 amide bonds. The van der Waals surface area contributed by atoms with Gasteiger partial charge in [0, 0.05) is 0 Å². The average molecular weight is 290 g/mol. The van der Waals surface area contributed by atoms with Crippen LogP contribution in [0.25, 0.3) is 0 Å². The normalized spacial score (nSPS) is 28.4. The maximum absolute atomic E-state index is 2.99. The summed E-state index contributed by atoms with van der Waals surface area (Å²) in [5.74, 6) is 1.68. The minimum absolute atomic E-state index is 0. The van der Waals surface area contributed by atoms with Gasteiger partial charge in [0.25, 0.3) is 0 Å². The summed E-state index contributed by atoms with van der Waals surface area (Å²) >= 11 is 0. The predicted molar refractivity (Wildman–Crippen MR) is 65.0 cm³/mol. The van der Waals surface area contributed by atoms with Crippen LogP contribution in [-0.4, -0.2) is 0 Å². The Morgan fingerprint density at radius 2 is 2.19 bits per heavy atom. The van der Waals surface area contributed by atoms with E-state index in [1.54, 1.807) is 5.57 Å². The third-order valence-electron chi connectivity index (χ3n) is 3.04. The zero-order valence-electron chi connectivity index (χ0n) is 9.82. The first-order valence-corrected chi connectivity index (χ1v) is 5.79. The van der Waals surface area contributed by atoms with E-state index in [1.165, 1.54) is 12.8 Å². The van der Waals surface area contributed by atoms with Gasteiger partial charge in [-0.15, -0.1) is 18.6 Å². The molecule has 0 spiro atoms. The van der Waals surface area contributed by atoms with Crippen LogP contribution in [0.15, 0.2) is 42.0 Å². The molecule has 82 valence electrons. The van der Waals surface area contributed by atoms with Crippen LogP contribution >= 0.6 is 0 Å². The topological polar surface area (TPSA) is 0 Å². The van der Waals surface area contributed by atoms with E-state index in [2.05, 4.69) is 43.7 Å². The Hall–Kier alpha value is -0.287. The standard InChI is InChI=1S/C10H13.C5H5.Zr/c1-8-6-9-4-2-3-5-10(9)7-8;1-2-4-5-3-1;/h2-4,6,8,10H,5,7H2,1H3;1-3H,4H2;/q2*-1;+2. The second kappa shape index (κ2) is 7.12. The molecule has 1 saturated carbocycles. The number of allylic oxidation sites excluding steroid dienone is 8. The van der Waals surface area contributed by atoms with Gasteiger partial charge in [-0.2, -0.15) is 6.08 Å². The van der Waals surface area contributed by atoms with Crippen LogP contribution in [0.3, 0.4) is 0 Å². The smallest absolute Gasteiger partial charge is 0.273 e. The maximum Gasteiger partial charge on any atom is 2.00 e. The second-order valence-electron chi connectivity index (χ2n) is 4.41. The number of hydrogen-bond acceptors (Lipinski definition) is 0. The minimum atomic E-state index is 0. The van der Waals surface area contributed by atoms with Gasteiger partial charge >= 0.3 is 26.2 Å². The van der Waals surface area contributed by atoms with Crippen molar-refractivity contribution in [1.29, 1.82) is 0 Å². The van der Waals surface area contributed by atoms with Crippen molar-refractivity contribution in [2.45, 2.75) is 26.2 Å². The van der Waals surface area contributed by atoms with Gasteiger partial charge in [-0.05, 0) is 12.3 Å². The Morgan fingerprint density at radius 3 is 2.75 bits per heavy atom. The van der Waals surface area contributed by atoms with E-state index in [9.17, 15) is 0 Å². The second-order valence-corrected chi connectivity index (χ2v) is 4.41. The first kappa shape index (κ1) is 13.8. The summed E-state index contributed by atoms with van der Waals surface area (Å²) in [6, 6.07) is 0. The molecular weight excluding hydrogens is 271 g/mol. The van der Waals surface area contributed by atoms with Gasteiger partial charge in [-0.1, -0.05) is 19.3 Å². The molecule has 0 aromatic heterocycles. The maximum atomic E-state index is 2.99. The Morgan fingerprint density at radius 1 is 1.31 bits per heavy atom. The van der Waals surface area contributed by atoms with Crippen LogP contribution in [0.1, 0.15) is 26.2 Å². The van der Waals surface area contributed by atoms with Gasteiger partial charge in [-0.3, -0.25) is 6.08 Å². The summed E-state index contributed by atoms with van der Waals surface area (Å²) in [7, 11) is 0. The monoisotopic (exact) mass is 288 g/mol. The van der Waals surface area contributed by atoms with Crippen LogP contribution < -0.4 is 0 Å². The SMILES string of the molecule is CC1[CH-]C2=CC=CCC2C1.[C-]1=CC=CC1.[Zr+2]. The summed E-state index contributed by atoms with van der Waals surface area (Å²) in [6.45, 7) is 2.30. The van der Waals surface area contributed by atoms with Gasteiger partial charge in [0.05, 0.1) is 0 Å². The van der Waals surface area contributed by atoms with Crippen molar-refractivity contribution in [3.05, 3.63) is 54.5 Å². The Bertz CT molecular complexity index is 310. The van der Waals surface area contributed by atoms with Crippen LogP contribution in [0.2, 0.25) is 0 Å². The van der Waals surface area contributed by atoms with E-state index >= 15 is 0 Å². The summed E-state index contributed by atoms with van der Waals surface area (Å²) in [5, 5.41) is 0. The average Bonchev–Trinajstić information content (AvgIpc) is 2.87. The molecule has 1 heteroatoms. The van der Waals surface area contributed by atoms with Gasteiger partial charge in [-0.25, -0.2) is 30.2 Å². The van der Waals surface area contributed by atoms with Gasteiger partial charge in [0.2, 0.25) is 0 Å². The quantitative estimate of drug-likeness (QED) is 0.591. The third-order valence-corrected chi connectivity index (χ3v) is 3.04. The molecule has 3 aliphatic rings. The van der Waals surface area contributed by atoms with E-state index in [1.807, 2.05) is 12.2 Å². The van der Waals surface area contributed by atoms with E-state index < -0.39 is 0 Å². The fourth-order valence-electron chi connectivity index (χ4n) is 2.30. The van der Waals surface area contributed by atoms with Crippen molar-refractivity contribution in [2.75, 3.05) is 0 Å². The number of fused-ring (bicyclic) bond motifs is 1. The zero-order valence-corrected chi connectivity index (χ0v) is 12.3. The molecule has 2 unspecified atom stereocenters. The molecule has 0 aliphatic heterocycles. The van der Waals surface area contributed by atoms with Crippen molar-refractivity contribution < 1.29 is 26.2 Å². The van der Waals surface area contributed by atoms with Crippen molar-refractivity contribution in [3.63, 3.8) is 0 Å². The van der Waals surface area contributed by atoms with Crippen LogP contribution in [0.5, 0.6) is 0 Å². The first-order valence-electron chi connectivity index (χ1n) is 5.79. The molecule has 0 nitrogen and oxygen atoms in total. The molecule has 16 heavy (non-hydrogen) atoms. The molecule has 0 saturated heterocycles. The van der Waals surface area contributed by atoms with Gasteiger partial charge in [0.1, 0.15) is 0 Å². The molecule has 0 N–H and O–H groups in total. The van der Waals surface area contributed by atoms with Crippen LogP contribution in [0, 0.1) is 24.3 Å². The molecule has 0 bridgehead atoms. The molecule has 2 atom stereocenters. The minimum Gasteiger partial charge on any atom is -0.273 e. The molecule has 3 rings (SSSR count). The summed E-state index contributed by atoms with van der Waals surface area (Å²) < 4.78 is 0. The van der Waals surface area contributed by atoms with Crippen molar-refractivity contribution in [2.24, 2.45) is 11.8 Å². The molecule has 0 aromatic carbocycles. The van der Waals surface area contributed by atoms with E-state index in [0.29, 0.717) is 0 Å². The van der Waals surface area contributed by atoms with Crippen molar-refractivity contribution >= 4 is 0 Å². The summed E-state index contributed by atoms with van der Waals surface area (Å²) in [6.07, 6.45) is 21.8. The molecule has 0 radical (unpaired) electrons. The zero-order chi connectivity index (χ0) is 10.5.